The van der Waals surface area contributed by atoms with Gasteiger partial charge in [-0.25, -0.2) is 0 Å². The maximum Gasteiger partial charge on any atom is 0.220 e. The smallest absolute Gasteiger partial charge is 0.220 e. The first-order valence-corrected chi connectivity index (χ1v) is 10.2. The van der Waals surface area contributed by atoms with Crippen molar-refractivity contribution in [2.45, 2.75) is 62.3 Å². The summed E-state index contributed by atoms with van der Waals surface area (Å²) in [5.41, 5.74) is 1.94. The van der Waals surface area contributed by atoms with Crippen molar-refractivity contribution in [3.8, 4) is 0 Å². The minimum absolute atomic E-state index is 0.1000. The number of carbonyl (C=O) groups excluding carboxylic acids is 1. The van der Waals surface area contributed by atoms with Crippen molar-refractivity contribution in [2.75, 3.05) is 13.1 Å². The molecule has 1 amide bonds. The lowest BCUT2D eigenvalue weighted by molar-refractivity contribution is -0.124. The summed E-state index contributed by atoms with van der Waals surface area (Å²) < 4.78 is 0. The molecule has 0 spiro atoms. The molecular weight excluding hydrogens is 308 g/mol. The third-order valence-electron chi connectivity index (χ3n) is 7.73. The van der Waals surface area contributed by atoms with Gasteiger partial charge in [0, 0.05) is 12.0 Å². The summed E-state index contributed by atoms with van der Waals surface area (Å²) in [6.07, 6.45) is 9.39. The van der Waals surface area contributed by atoms with Gasteiger partial charge in [0.2, 0.25) is 5.91 Å². The summed E-state index contributed by atoms with van der Waals surface area (Å²) >= 11 is 0. The number of piperidine rings is 1. The fourth-order valence-electron chi connectivity index (χ4n) is 6.90. The average molecular weight is 338 g/mol. The molecule has 1 heterocycles. The molecule has 3 nitrogen and oxygen atoms in total. The predicted octanol–water partition coefficient (Wildman–Crippen LogP) is 3.39. The molecule has 3 heteroatoms. The standard InChI is InChI=1S/C22H30N2O/c25-20(11-16-6-8-23-9-7-16)24-22-13-17-10-19(22)14-21(12-17,15-22)18-4-2-1-3-5-18/h1-5,16-17,19,23H,6-15H2,(H,24,25). The second-order valence-corrected chi connectivity index (χ2v) is 9.34. The Kier molecular flexibility index (Phi) is 3.70. The van der Waals surface area contributed by atoms with E-state index in [-0.39, 0.29) is 5.54 Å². The Labute approximate surface area is 151 Å². The zero-order valence-corrected chi connectivity index (χ0v) is 15.1. The molecule has 4 atom stereocenters. The molecule has 0 radical (unpaired) electrons. The molecule has 1 saturated heterocycles. The molecule has 1 aliphatic heterocycles. The Morgan fingerprint density at radius 1 is 1.12 bits per heavy atom. The molecule has 4 unspecified atom stereocenters. The quantitative estimate of drug-likeness (QED) is 0.883. The van der Waals surface area contributed by atoms with E-state index in [1.54, 1.807) is 0 Å². The zero-order valence-electron chi connectivity index (χ0n) is 15.1. The minimum Gasteiger partial charge on any atom is -0.350 e. The van der Waals surface area contributed by atoms with Crippen LogP contribution in [0.2, 0.25) is 0 Å². The molecule has 25 heavy (non-hydrogen) atoms. The van der Waals surface area contributed by atoms with Crippen LogP contribution in [0.25, 0.3) is 0 Å². The molecule has 1 aromatic carbocycles. The van der Waals surface area contributed by atoms with Gasteiger partial charge in [0.1, 0.15) is 0 Å². The Hall–Kier alpha value is -1.35. The van der Waals surface area contributed by atoms with E-state index in [2.05, 4.69) is 41.0 Å². The van der Waals surface area contributed by atoms with E-state index in [4.69, 9.17) is 0 Å². The molecular formula is C22H30N2O. The lowest BCUT2D eigenvalue weighted by Crippen LogP contribution is -2.51. The lowest BCUT2D eigenvalue weighted by Gasteiger charge is -2.42. The Bertz CT molecular complexity index is 653. The van der Waals surface area contributed by atoms with Gasteiger partial charge >= 0.3 is 0 Å². The first-order valence-electron chi connectivity index (χ1n) is 10.2. The molecule has 5 fully saturated rings. The van der Waals surface area contributed by atoms with Crippen LogP contribution in [0.5, 0.6) is 0 Å². The van der Waals surface area contributed by atoms with Crippen LogP contribution in [-0.4, -0.2) is 24.5 Å². The van der Waals surface area contributed by atoms with Gasteiger partial charge in [-0.3, -0.25) is 4.79 Å². The first-order chi connectivity index (χ1) is 12.2. The van der Waals surface area contributed by atoms with Crippen molar-refractivity contribution in [3.63, 3.8) is 0 Å². The van der Waals surface area contributed by atoms with Crippen molar-refractivity contribution in [1.29, 1.82) is 0 Å². The highest BCUT2D eigenvalue weighted by Gasteiger charge is 2.64. The lowest BCUT2D eigenvalue weighted by atomic mass is 9.65. The van der Waals surface area contributed by atoms with Crippen LogP contribution >= 0.6 is 0 Å². The van der Waals surface area contributed by atoms with Crippen molar-refractivity contribution in [2.24, 2.45) is 17.8 Å². The molecule has 4 saturated carbocycles. The average Bonchev–Trinajstić information content (AvgIpc) is 2.98. The van der Waals surface area contributed by atoms with E-state index < -0.39 is 0 Å². The summed E-state index contributed by atoms with van der Waals surface area (Å²) in [6.45, 7) is 2.15. The van der Waals surface area contributed by atoms with Gasteiger partial charge in [0.15, 0.2) is 0 Å². The van der Waals surface area contributed by atoms with Crippen molar-refractivity contribution in [1.82, 2.24) is 10.6 Å². The van der Waals surface area contributed by atoms with Gasteiger partial charge in [-0.1, -0.05) is 30.3 Å². The highest BCUT2D eigenvalue weighted by Crippen LogP contribution is 2.66. The second kappa shape index (κ2) is 5.84. The van der Waals surface area contributed by atoms with Crippen LogP contribution in [0.3, 0.4) is 0 Å². The van der Waals surface area contributed by atoms with Crippen LogP contribution < -0.4 is 10.6 Å². The van der Waals surface area contributed by atoms with Gasteiger partial charge in [0.05, 0.1) is 0 Å². The summed E-state index contributed by atoms with van der Waals surface area (Å²) in [6, 6.07) is 11.1. The SMILES string of the molecule is O=C(CC1CCNCC1)NC12CC3CC1CC(c1ccccc1)(C3)C2. The summed E-state index contributed by atoms with van der Waals surface area (Å²) in [5, 5.41) is 7.00. The van der Waals surface area contributed by atoms with E-state index in [9.17, 15) is 4.79 Å². The molecule has 4 bridgehead atoms. The van der Waals surface area contributed by atoms with Crippen molar-refractivity contribution in [3.05, 3.63) is 35.9 Å². The maximum absolute atomic E-state index is 12.8. The minimum atomic E-state index is 0.1000. The Morgan fingerprint density at radius 2 is 1.92 bits per heavy atom. The third kappa shape index (κ3) is 2.63. The second-order valence-electron chi connectivity index (χ2n) is 9.34. The maximum atomic E-state index is 12.8. The van der Waals surface area contributed by atoms with Crippen LogP contribution in [-0.2, 0) is 10.2 Å². The van der Waals surface area contributed by atoms with Crippen LogP contribution in [0, 0.1) is 17.8 Å². The van der Waals surface area contributed by atoms with Gasteiger partial charge in [-0.15, -0.1) is 0 Å². The molecule has 6 rings (SSSR count). The first kappa shape index (κ1) is 15.9. The topological polar surface area (TPSA) is 41.1 Å². The zero-order chi connectivity index (χ0) is 16.9. The Balaban J connectivity index is 1.33. The van der Waals surface area contributed by atoms with Crippen LogP contribution in [0.15, 0.2) is 30.3 Å². The van der Waals surface area contributed by atoms with E-state index in [1.165, 1.54) is 37.7 Å². The molecule has 5 aliphatic rings. The van der Waals surface area contributed by atoms with Crippen LogP contribution in [0.4, 0.5) is 0 Å². The number of nitrogens with one attached hydrogen (secondary N) is 2. The molecule has 134 valence electrons. The summed E-state index contributed by atoms with van der Waals surface area (Å²) in [7, 11) is 0. The monoisotopic (exact) mass is 338 g/mol. The molecule has 1 aromatic rings. The summed E-state index contributed by atoms with van der Waals surface area (Å²) in [5.74, 6) is 2.41. The van der Waals surface area contributed by atoms with Gasteiger partial charge in [0.25, 0.3) is 0 Å². The van der Waals surface area contributed by atoms with Crippen molar-refractivity contribution < 1.29 is 4.79 Å². The third-order valence-corrected chi connectivity index (χ3v) is 7.73. The van der Waals surface area contributed by atoms with Crippen molar-refractivity contribution >= 4 is 5.91 Å². The predicted molar refractivity (Wildman–Crippen MR) is 99.3 cm³/mol. The molecule has 4 aliphatic carbocycles. The Morgan fingerprint density at radius 3 is 2.72 bits per heavy atom. The number of hydrogen-bond acceptors (Lipinski definition) is 2. The fourth-order valence-corrected chi connectivity index (χ4v) is 6.90. The van der Waals surface area contributed by atoms with E-state index in [0.29, 0.717) is 23.2 Å². The van der Waals surface area contributed by atoms with Gasteiger partial charge < -0.3 is 10.6 Å². The number of amides is 1. The van der Waals surface area contributed by atoms with E-state index in [1.807, 2.05) is 0 Å². The number of benzene rings is 1. The van der Waals surface area contributed by atoms with Gasteiger partial charge in [-0.2, -0.15) is 0 Å². The van der Waals surface area contributed by atoms with Crippen LogP contribution in [0.1, 0.15) is 56.9 Å². The molecule has 0 aromatic heterocycles. The number of carbonyl (C=O) groups is 1. The van der Waals surface area contributed by atoms with Gasteiger partial charge in [-0.05, 0) is 86.8 Å². The van der Waals surface area contributed by atoms with E-state index in [0.717, 1.165) is 38.3 Å². The largest absolute Gasteiger partial charge is 0.350 e. The molecule has 2 N–H and O–H groups in total. The fraction of sp³-hybridized carbons (Fsp3) is 0.682. The summed E-state index contributed by atoms with van der Waals surface area (Å²) in [4.78, 5) is 12.8. The highest BCUT2D eigenvalue weighted by atomic mass is 16.1. The number of hydrogen-bond donors (Lipinski definition) is 2. The normalized spacial score (nSPS) is 39.7. The highest BCUT2D eigenvalue weighted by molar-refractivity contribution is 5.77. The van der Waals surface area contributed by atoms with E-state index >= 15 is 0 Å². The number of rotatable bonds is 4.